The van der Waals surface area contributed by atoms with Gasteiger partial charge in [-0.15, -0.1) is 0 Å². The molecule has 11 aromatic rings. The minimum absolute atomic E-state index is 0.0366. The Kier molecular flexibility index (Phi) is 7.80. The van der Waals surface area contributed by atoms with Gasteiger partial charge < -0.3 is 14.0 Å². The van der Waals surface area contributed by atoms with Crippen LogP contribution in [0.3, 0.4) is 0 Å². The van der Waals surface area contributed by atoms with Crippen molar-refractivity contribution in [2.45, 2.75) is 41.5 Å². The van der Waals surface area contributed by atoms with Crippen LogP contribution in [0.5, 0.6) is 0 Å². The van der Waals surface area contributed by atoms with Crippen LogP contribution in [0.4, 0.5) is 17.1 Å². The monoisotopic (exact) mass is 819 g/mol. The lowest BCUT2D eigenvalue weighted by atomic mass is 9.33. The van der Waals surface area contributed by atoms with Crippen LogP contribution < -0.4 is 21.3 Å². The van der Waals surface area contributed by atoms with Gasteiger partial charge in [0.2, 0.25) is 0 Å². The fourth-order valence-corrected chi connectivity index (χ4v) is 12.2. The molecule has 2 aliphatic heterocycles. The number of nitrogens with zero attached hydrogens (tertiary/aromatic N) is 3. The summed E-state index contributed by atoms with van der Waals surface area (Å²) in [6.07, 6.45) is 0. The predicted molar refractivity (Wildman–Crippen MR) is 274 cm³/mol. The van der Waals surface area contributed by atoms with Gasteiger partial charge in [-0.1, -0.05) is 120 Å². The van der Waals surface area contributed by atoms with Crippen molar-refractivity contribution in [3.05, 3.63) is 203 Å². The maximum Gasteiger partial charge on any atom is 0.252 e. The van der Waals surface area contributed by atoms with Crippen LogP contribution in [0.2, 0.25) is 0 Å². The van der Waals surface area contributed by atoms with E-state index in [-0.39, 0.29) is 6.71 Å². The lowest BCUT2D eigenvalue weighted by molar-refractivity contribution is 1.16. The first-order valence-corrected chi connectivity index (χ1v) is 22.6. The molecule has 0 bridgehead atoms. The standard InChI is InChI=1S/C60H46BN3/c1-35-28-37(3)57(38(4)29-35)41-22-25-44(26-23-41)63-52-27-24-42(58-39(5)30-36(2)31-40(58)6)32-50(52)61-49-18-12-17-46-48-33-47-45-16-10-11-19-51(45)62(43-14-8-7-9-15-43)55(47)34-56(48)64(60(46)49)54-21-13-20-53(63)59(54)61/h7-34H,1-6H3. The maximum absolute atomic E-state index is 2.59. The molecule has 0 saturated carbocycles. The van der Waals surface area contributed by atoms with Crippen molar-refractivity contribution < 1.29 is 0 Å². The van der Waals surface area contributed by atoms with E-state index in [1.807, 2.05) is 0 Å². The number of benzene rings is 9. The van der Waals surface area contributed by atoms with Gasteiger partial charge in [0, 0.05) is 55.5 Å². The smallest absolute Gasteiger partial charge is 0.252 e. The minimum Gasteiger partial charge on any atom is -0.311 e. The molecule has 0 spiro atoms. The Morgan fingerprint density at radius 3 is 1.69 bits per heavy atom. The lowest BCUT2D eigenvalue weighted by Gasteiger charge is -2.40. The number of anilines is 3. The number of rotatable bonds is 4. The molecular weight excluding hydrogens is 773 g/mol. The van der Waals surface area contributed by atoms with Crippen molar-refractivity contribution in [2.75, 3.05) is 4.90 Å². The summed E-state index contributed by atoms with van der Waals surface area (Å²) in [5, 5.41) is 5.12. The molecule has 2 aliphatic rings. The Morgan fingerprint density at radius 2 is 0.953 bits per heavy atom. The molecule has 0 radical (unpaired) electrons. The zero-order valence-corrected chi connectivity index (χ0v) is 37.1. The van der Waals surface area contributed by atoms with Gasteiger partial charge in [-0.25, -0.2) is 0 Å². The minimum atomic E-state index is 0.0366. The van der Waals surface area contributed by atoms with Gasteiger partial charge in [-0.2, -0.15) is 0 Å². The summed E-state index contributed by atoms with van der Waals surface area (Å²) in [4.78, 5) is 2.53. The van der Waals surface area contributed by atoms with Crippen molar-refractivity contribution in [3.8, 4) is 33.6 Å². The Bertz CT molecular complexity index is 3750. The van der Waals surface area contributed by atoms with E-state index in [1.165, 1.54) is 138 Å². The molecule has 64 heavy (non-hydrogen) atoms. The number of aryl methyl sites for hydroxylation is 6. The molecule has 4 heteroatoms. The van der Waals surface area contributed by atoms with Crippen molar-refractivity contribution in [1.82, 2.24) is 9.13 Å². The molecule has 13 rings (SSSR count). The highest BCUT2D eigenvalue weighted by Gasteiger charge is 2.42. The van der Waals surface area contributed by atoms with Crippen molar-refractivity contribution in [2.24, 2.45) is 0 Å². The summed E-state index contributed by atoms with van der Waals surface area (Å²) in [6, 6.07) is 64.5. The van der Waals surface area contributed by atoms with E-state index in [2.05, 4.69) is 225 Å². The second kappa shape index (κ2) is 13.5. The third-order valence-electron chi connectivity index (χ3n) is 14.4. The second-order valence-corrected chi connectivity index (χ2v) is 18.5. The third-order valence-corrected chi connectivity index (χ3v) is 14.4. The number of aromatic nitrogens is 2. The number of para-hydroxylation sites is 3. The molecule has 304 valence electrons. The Labute approximate surface area is 374 Å². The first-order valence-electron chi connectivity index (χ1n) is 22.6. The molecule has 3 nitrogen and oxygen atoms in total. The van der Waals surface area contributed by atoms with E-state index in [0.717, 1.165) is 5.69 Å². The van der Waals surface area contributed by atoms with Gasteiger partial charge in [-0.3, -0.25) is 0 Å². The topological polar surface area (TPSA) is 13.1 Å². The maximum atomic E-state index is 2.59. The first-order chi connectivity index (χ1) is 31.2. The van der Waals surface area contributed by atoms with E-state index in [9.17, 15) is 0 Å². The molecular formula is C60H46BN3. The van der Waals surface area contributed by atoms with Gasteiger partial charge in [0.15, 0.2) is 0 Å². The molecule has 2 aromatic heterocycles. The van der Waals surface area contributed by atoms with Crippen LogP contribution in [0.15, 0.2) is 170 Å². The number of hydrogen-bond acceptors (Lipinski definition) is 1. The third kappa shape index (κ3) is 5.11. The fourth-order valence-electron chi connectivity index (χ4n) is 12.2. The molecule has 4 heterocycles. The highest BCUT2D eigenvalue weighted by atomic mass is 15.2. The van der Waals surface area contributed by atoms with E-state index >= 15 is 0 Å². The van der Waals surface area contributed by atoms with Crippen LogP contribution in [0.25, 0.3) is 77.2 Å². The van der Waals surface area contributed by atoms with Crippen LogP contribution in [-0.4, -0.2) is 15.8 Å². The van der Waals surface area contributed by atoms with Gasteiger partial charge >= 0.3 is 0 Å². The van der Waals surface area contributed by atoms with E-state index in [4.69, 9.17) is 0 Å². The van der Waals surface area contributed by atoms with E-state index < -0.39 is 0 Å². The number of fused-ring (bicyclic) bond motifs is 10. The van der Waals surface area contributed by atoms with Crippen molar-refractivity contribution >= 4 is 83.8 Å². The highest BCUT2D eigenvalue weighted by molar-refractivity contribution is 7.00. The largest absolute Gasteiger partial charge is 0.311 e. The van der Waals surface area contributed by atoms with E-state index in [1.54, 1.807) is 0 Å². The quantitative estimate of drug-likeness (QED) is 0.161. The summed E-state index contributed by atoms with van der Waals surface area (Å²) in [5.74, 6) is 0. The van der Waals surface area contributed by atoms with Crippen LogP contribution in [0, 0.1) is 41.5 Å². The average molecular weight is 820 g/mol. The molecule has 0 unspecified atom stereocenters. The predicted octanol–water partition coefficient (Wildman–Crippen LogP) is 13.7. The Hall–Kier alpha value is -7.56. The summed E-state index contributed by atoms with van der Waals surface area (Å²) < 4.78 is 5.04. The molecule has 0 amide bonds. The van der Waals surface area contributed by atoms with Crippen LogP contribution in [0.1, 0.15) is 33.4 Å². The highest BCUT2D eigenvalue weighted by Crippen LogP contribution is 2.45. The molecule has 0 N–H and O–H groups in total. The summed E-state index contributed by atoms with van der Waals surface area (Å²) in [5.41, 5.74) is 28.0. The molecule has 0 fully saturated rings. The average Bonchev–Trinajstić information content (AvgIpc) is 3.79. The van der Waals surface area contributed by atoms with Crippen LogP contribution in [-0.2, 0) is 0 Å². The van der Waals surface area contributed by atoms with Gasteiger partial charge in [-0.05, 0) is 163 Å². The van der Waals surface area contributed by atoms with Gasteiger partial charge in [0.25, 0.3) is 6.71 Å². The zero-order chi connectivity index (χ0) is 43.1. The zero-order valence-electron chi connectivity index (χ0n) is 37.1. The van der Waals surface area contributed by atoms with Crippen molar-refractivity contribution in [3.63, 3.8) is 0 Å². The van der Waals surface area contributed by atoms with Crippen LogP contribution >= 0.6 is 0 Å². The van der Waals surface area contributed by atoms with Gasteiger partial charge in [0.05, 0.1) is 16.6 Å². The van der Waals surface area contributed by atoms with Crippen molar-refractivity contribution in [1.29, 1.82) is 0 Å². The van der Waals surface area contributed by atoms with E-state index in [0.29, 0.717) is 0 Å². The normalized spacial score (nSPS) is 12.8. The summed E-state index contributed by atoms with van der Waals surface area (Å²) >= 11 is 0. The second-order valence-electron chi connectivity index (χ2n) is 18.5. The summed E-state index contributed by atoms with van der Waals surface area (Å²) in [6.45, 7) is 13.4. The molecule has 0 atom stereocenters. The molecule has 9 aromatic carbocycles. The first kappa shape index (κ1) is 37.0. The fraction of sp³-hybridized carbons (Fsp3) is 0.100. The number of hydrogen-bond donors (Lipinski definition) is 0. The Morgan fingerprint density at radius 1 is 0.359 bits per heavy atom. The Balaban J connectivity index is 1.10. The van der Waals surface area contributed by atoms with Gasteiger partial charge in [0.1, 0.15) is 0 Å². The summed E-state index contributed by atoms with van der Waals surface area (Å²) in [7, 11) is 0. The molecule has 0 saturated heterocycles. The lowest BCUT2D eigenvalue weighted by Crippen LogP contribution is -2.60. The molecule has 0 aliphatic carbocycles. The SMILES string of the molecule is Cc1cc(C)c(-c2ccc(N3c4ccc(-c5c(C)cc(C)cc5C)cc4B4c5c3cccc5-n3c5cc6c(cc5c5cccc4c53)c3ccccc3n6-c3ccccc3)cc2)c(C)c1.